The normalized spacial score (nSPS) is 29.8. The molecule has 210 valence electrons. The number of carbonyl (C=O) groups excluding carboxylic acids is 3. The molecule has 2 aromatic rings. The number of fused-ring (bicyclic) bond motifs is 3. The van der Waals surface area contributed by atoms with E-state index < -0.39 is 75.6 Å². The van der Waals surface area contributed by atoms with Crippen LogP contribution in [-0.2, 0) is 14.4 Å². The molecule has 6 atom stereocenters. The summed E-state index contributed by atoms with van der Waals surface area (Å²) in [6.45, 7) is 0. The van der Waals surface area contributed by atoms with Crippen molar-refractivity contribution in [3.05, 3.63) is 75.0 Å². The third kappa shape index (κ3) is 4.00. The van der Waals surface area contributed by atoms with Crippen molar-refractivity contribution in [2.75, 3.05) is 19.8 Å². The molecule has 1 fully saturated rings. The molecular weight excluding hydrogens is 604 g/mol. The number of primary amides is 1. The molecule has 1 amide bonds. The number of nitrogens with two attached hydrogens (primary N) is 1. The molecule has 0 spiro atoms. The van der Waals surface area contributed by atoms with E-state index in [1.165, 1.54) is 36.8 Å². The van der Waals surface area contributed by atoms with E-state index in [4.69, 9.17) is 5.73 Å². The molecule has 0 heterocycles. The average molecular weight is 632 g/mol. The molecule has 0 unspecified atom stereocenters. The number of phenols is 1. The summed E-state index contributed by atoms with van der Waals surface area (Å²) in [5.74, 6) is -8.85. The molecule has 0 saturated heterocycles. The maximum Gasteiger partial charge on any atom is 0.255 e. The Labute approximate surface area is 241 Å². The van der Waals surface area contributed by atoms with Gasteiger partial charge in [0.15, 0.2) is 11.4 Å². The molecule has 1 saturated carbocycles. The van der Waals surface area contributed by atoms with Gasteiger partial charge in [0.1, 0.15) is 22.8 Å². The quantitative estimate of drug-likeness (QED) is 0.211. The molecular formula is C28H27BrN2O8S. The van der Waals surface area contributed by atoms with Crippen molar-refractivity contribution >= 4 is 50.9 Å². The molecule has 12 heteroatoms. The van der Waals surface area contributed by atoms with E-state index in [0.29, 0.717) is 5.56 Å². The molecule has 10 nitrogen and oxygen atoms in total. The Balaban J connectivity index is 1.73. The Morgan fingerprint density at radius 2 is 1.75 bits per heavy atom. The minimum Gasteiger partial charge on any atom is -0.508 e. The first kappa shape index (κ1) is 28.4. The van der Waals surface area contributed by atoms with Crippen LogP contribution in [0.5, 0.6) is 5.75 Å². The molecule has 40 heavy (non-hydrogen) atoms. The second kappa shape index (κ2) is 10.0. The summed E-state index contributed by atoms with van der Waals surface area (Å²) in [5.41, 5.74) is 1.48. The van der Waals surface area contributed by atoms with Crippen LogP contribution in [0.1, 0.15) is 17.0 Å². The summed E-state index contributed by atoms with van der Waals surface area (Å²) in [4.78, 5) is 41.9. The lowest BCUT2D eigenvalue weighted by atomic mass is 9.54. The van der Waals surface area contributed by atoms with E-state index in [1.54, 1.807) is 12.1 Å². The van der Waals surface area contributed by atoms with Crippen LogP contribution in [0.3, 0.4) is 0 Å². The fourth-order valence-electron chi connectivity index (χ4n) is 6.31. The van der Waals surface area contributed by atoms with E-state index in [-0.39, 0.29) is 17.1 Å². The number of benzene rings is 2. The molecule has 0 aromatic heterocycles. The minimum absolute atomic E-state index is 0.0348. The van der Waals surface area contributed by atoms with Crippen molar-refractivity contribution in [2.45, 2.75) is 28.6 Å². The lowest BCUT2D eigenvalue weighted by Crippen LogP contribution is -2.70. The van der Waals surface area contributed by atoms with Gasteiger partial charge in [0, 0.05) is 32.5 Å². The van der Waals surface area contributed by atoms with Gasteiger partial charge in [0.05, 0.1) is 23.6 Å². The number of Topliss-reactive ketones (excluding diaryl/α,β-unsaturated/α-hetero) is 2. The first-order valence-electron chi connectivity index (χ1n) is 12.3. The lowest BCUT2D eigenvalue weighted by Gasteiger charge is -2.54. The first-order valence-corrected chi connectivity index (χ1v) is 14.1. The van der Waals surface area contributed by atoms with Crippen molar-refractivity contribution in [2.24, 2.45) is 17.6 Å². The highest BCUT2D eigenvalue weighted by atomic mass is 79.9. The van der Waals surface area contributed by atoms with E-state index in [1.807, 2.05) is 24.3 Å². The lowest BCUT2D eigenvalue weighted by molar-refractivity contribution is -0.169. The molecule has 2 aromatic carbocycles. The number of thioether (sulfide) groups is 1. The summed E-state index contributed by atoms with van der Waals surface area (Å²) in [5, 5.41) is 56.8. The number of ketones is 2. The van der Waals surface area contributed by atoms with Crippen LogP contribution in [0, 0.1) is 11.8 Å². The number of phenolic OH excluding ortho intramolecular Hbond substituents is 1. The highest BCUT2D eigenvalue weighted by molar-refractivity contribution is 9.10. The Morgan fingerprint density at radius 1 is 1.10 bits per heavy atom. The van der Waals surface area contributed by atoms with Gasteiger partial charge in [-0.15, -0.1) is 11.8 Å². The molecule has 3 aliphatic rings. The molecule has 7 N–H and O–H groups in total. The van der Waals surface area contributed by atoms with Gasteiger partial charge in [-0.25, -0.2) is 0 Å². The van der Waals surface area contributed by atoms with Gasteiger partial charge in [-0.1, -0.05) is 28.1 Å². The van der Waals surface area contributed by atoms with E-state index in [2.05, 4.69) is 15.9 Å². The summed E-state index contributed by atoms with van der Waals surface area (Å²) in [6.07, 6.45) is -1.65. The zero-order chi connectivity index (χ0) is 29.3. The number of likely N-dealkylation sites (N-methyl/N-ethyl adjacent to an activating group) is 1. The highest BCUT2D eigenvalue weighted by Gasteiger charge is 2.68. The Hall–Kier alpha value is -3.16. The Bertz CT molecular complexity index is 1500. The molecule has 0 radical (unpaired) electrons. The predicted molar refractivity (Wildman–Crippen MR) is 150 cm³/mol. The number of hydrogen-bond donors (Lipinski definition) is 6. The van der Waals surface area contributed by atoms with Crippen molar-refractivity contribution in [3.63, 3.8) is 0 Å². The van der Waals surface area contributed by atoms with Crippen LogP contribution in [0.25, 0.3) is 5.76 Å². The first-order chi connectivity index (χ1) is 18.8. The SMILES string of the molecule is CN(C)[C@@H]1C(=O)C(C(N)=O)=C(O)[C@@]2(O)C(=O)C3=C(O)c4c(O)cccc4[C@H](CSc4ccc(Br)cc4)[C@H]3[C@H](O)[C@@H]12. The zero-order valence-electron chi connectivity index (χ0n) is 21.4. The summed E-state index contributed by atoms with van der Waals surface area (Å²) < 4.78 is 0.882. The predicted octanol–water partition coefficient (Wildman–Crippen LogP) is 2.03. The molecule has 3 aliphatic carbocycles. The maximum absolute atomic E-state index is 14.2. The summed E-state index contributed by atoms with van der Waals surface area (Å²) in [7, 11) is 2.94. The summed E-state index contributed by atoms with van der Waals surface area (Å²) in [6, 6.07) is 10.7. The van der Waals surface area contributed by atoms with Crippen molar-refractivity contribution in [1.82, 2.24) is 4.90 Å². The van der Waals surface area contributed by atoms with Crippen LogP contribution in [0.4, 0.5) is 0 Å². The van der Waals surface area contributed by atoms with Crippen molar-refractivity contribution in [1.29, 1.82) is 0 Å². The number of rotatable bonds is 5. The largest absolute Gasteiger partial charge is 0.508 e. The number of aliphatic hydroxyl groups excluding tert-OH is 3. The standard InChI is InChI=1S/C28H27BrN2O8S/c1-31(2)21-20-23(34)17-14(10-40-12-8-6-11(29)7-9-12)13-4-3-5-15(32)16(13)22(33)18(17)25(36)28(20,39)26(37)19(24(21)35)27(30)38/h3-9,14,17,20-21,23,32-34,37,39H,10H2,1-2H3,(H2,30,38)/t14-,17+,20+,21-,23-,28-/m0/s1. The maximum atomic E-state index is 14.2. The average Bonchev–Trinajstić information content (AvgIpc) is 2.89. The van der Waals surface area contributed by atoms with Crippen LogP contribution < -0.4 is 5.73 Å². The number of aliphatic hydroxyl groups is 4. The second-order valence-electron chi connectivity index (χ2n) is 10.4. The number of aromatic hydroxyl groups is 1. The van der Waals surface area contributed by atoms with Gasteiger partial charge in [-0.3, -0.25) is 19.3 Å². The van der Waals surface area contributed by atoms with Crippen molar-refractivity contribution < 1.29 is 39.9 Å². The van der Waals surface area contributed by atoms with Crippen LogP contribution in [-0.4, -0.2) is 85.5 Å². The van der Waals surface area contributed by atoms with Crippen molar-refractivity contribution in [3.8, 4) is 5.75 Å². The van der Waals surface area contributed by atoms with E-state index in [0.717, 1.165) is 9.37 Å². The second-order valence-corrected chi connectivity index (χ2v) is 12.4. The number of halogens is 1. The number of amides is 1. The zero-order valence-corrected chi connectivity index (χ0v) is 23.8. The molecule has 5 rings (SSSR count). The van der Waals surface area contributed by atoms with Gasteiger partial charge >= 0.3 is 0 Å². The summed E-state index contributed by atoms with van der Waals surface area (Å²) >= 11 is 4.81. The molecule has 0 bridgehead atoms. The van der Waals surface area contributed by atoms with Gasteiger partial charge < -0.3 is 31.3 Å². The highest BCUT2D eigenvalue weighted by Crippen LogP contribution is 2.56. The fourth-order valence-corrected chi connectivity index (χ4v) is 7.66. The van der Waals surface area contributed by atoms with Gasteiger partial charge in [0.2, 0.25) is 5.78 Å². The smallest absolute Gasteiger partial charge is 0.255 e. The van der Waals surface area contributed by atoms with Gasteiger partial charge in [0.25, 0.3) is 5.91 Å². The number of hydrogen-bond acceptors (Lipinski definition) is 10. The Kier molecular flexibility index (Phi) is 7.12. The van der Waals surface area contributed by atoms with Gasteiger partial charge in [-0.2, -0.15) is 0 Å². The third-order valence-corrected chi connectivity index (χ3v) is 9.70. The van der Waals surface area contributed by atoms with E-state index in [9.17, 15) is 39.9 Å². The van der Waals surface area contributed by atoms with Crippen LogP contribution in [0.15, 0.2) is 68.7 Å². The van der Waals surface area contributed by atoms with Crippen LogP contribution >= 0.6 is 27.7 Å². The van der Waals surface area contributed by atoms with E-state index >= 15 is 0 Å². The Morgan fingerprint density at radius 3 is 2.35 bits per heavy atom. The minimum atomic E-state index is -2.95. The third-order valence-electron chi connectivity index (χ3n) is 8.04. The fraction of sp³-hybridized carbons (Fsp3) is 0.321. The molecule has 0 aliphatic heterocycles. The topological polar surface area (TPSA) is 182 Å². The number of carbonyl (C=O) groups is 3. The number of nitrogens with zero attached hydrogens (tertiary/aromatic N) is 1. The van der Waals surface area contributed by atoms with Crippen LogP contribution in [0.2, 0.25) is 0 Å². The van der Waals surface area contributed by atoms with Gasteiger partial charge in [-0.05, 0) is 50.0 Å². The monoisotopic (exact) mass is 630 g/mol.